The predicted octanol–water partition coefficient (Wildman–Crippen LogP) is 0.500. The first-order chi connectivity index (χ1) is 14.1. The zero-order chi connectivity index (χ0) is 21.1. The first kappa shape index (κ1) is 22.8. The second-order valence-corrected chi connectivity index (χ2v) is 6.86. The maximum atomic E-state index is 12.2. The topological polar surface area (TPSA) is 81.5 Å². The van der Waals surface area contributed by atoms with Crippen LogP contribution < -0.4 is 19.7 Å². The molecular formula is C21H34N3O5+. The van der Waals surface area contributed by atoms with Crippen molar-refractivity contribution in [2.45, 2.75) is 27.2 Å². The van der Waals surface area contributed by atoms with Gasteiger partial charge in [0.05, 0.1) is 46.0 Å². The molecule has 8 heteroatoms. The summed E-state index contributed by atoms with van der Waals surface area (Å²) >= 11 is 0. The SMILES string of the molecule is CCOC(=O)N1CC[NH+](CC(=O)NCCc2ccc(OCC)c(OCC)c2)CC1. The summed E-state index contributed by atoms with van der Waals surface area (Å²) in [5, 5.41) is 2.99. The second kappa shape index (κ2) is 12.2. The number of nitrogens with zero attached hydrogens (tertiary/aromatic N) is 1. The van der Waals surface area contributed by atoms with Gasteiger partial charge in [0.2, 0.25) is 0 Å². The highest BCUT2D eigenvalue weighted by molar-refractivity contribution is 5.76. The van der Waals surface area contributed by atoms with E-state index in [0.29, 0.717) is 46.0 Å². The lowest BCUT2D eigenvalue weighted by Gasteiger charge is -2.31. The van der Waals surface area contributed by atoms with E-state index in [4.69, 9.17) is 14.2 Å². The molecule has 2 rings (SSSR count). The van der Waals surface area contributed by atoms with Gasteiger partial charge in [-0.3, -0.25) is 9.69 Å². The smallest absolute Gasteiger partial charge is 0.410 e. The van der Waals surface area contributed by atoms with Crippen LogP contribution in [0.25, 0.3) is 0 Å². The molecule has 29 heavy (non-hydrogen) atoms. The molecule has 162 valence electrons. The highest BCUT2D eigenvalue weighted by Crippen LogP contribution is 2.28. The van der Waals surface area contributed by atoms with Gasteiger partial charge in [0.1, 0.15) is 0 Å². The molecule has 0 aromatic heterocycles. The number of rotatable bonds is 10. The molecule has 1 aliphatic rings. The minimum Gasteiger partial charge on any atom is -0.490 e. The average Bonchev–Trinajstić information content (AvgIpc) is 2.71. The molecule has 1 heterocycles. The Hall–Kier alpha value is -2.48. The third-order valence-corrected chi connectivity index (χ3v) is 4.75. The van der Waals surface area contributed by atoms with Gasteiger partial charge < -0.3 is 24.4 Å². The quantitative estimate of drug-likeness (QED) is 0.589. The molecule has 0 saturated carbocycles. The van der Waals surface area contributed by atoms with Crippen molar-refractivity contribution < 1.29 is 28.7 Å². The van der Waals surface area contributed by atoms with Gasteiger partial charge in [-0.05, 0) is 44.9 Å². The van der Waals surface area contributed by atoms with Crippen molar-refractivity contribution in [3.63, 3.8) is 0 Å². The Morgan fingerprint density at radius 1 is 1.03 bits per heavy atom. The number of hydrogen-bond donors (Lipinski definition) is 2. The third kappa shape index (κ3) is 7.45. The third-order valence-electron chi connectivity index (χ3n) is 4.75. The molecule has 2 amide bonds. The van der Waals surface area contributed by atoms with E-state index in [0.717, 1.165) is 36.6 Å². The van der Waals surface area contributed by atoms with E-state index in [1.807, 2.05) is 32.0 Å². The van der Waals surface area contributed by atoms with E-state index in [9.17, 15) is 9.59 Å². The summed E-state index contributed by atoms with van der Waals surface area (Å²) in [6.45, 7) is 11.0. The van der Waals surface area contributed by atoms with Crippen molar-refractivity contribution in [3.8, 4) is 11.5 Å². The zero-order valence-electron chi connectivity index (χ0n) is 17.8. The molecule has 1 aromatic rings. The maximum absolute atomic E-state index is 12.2. The molecule has 0 radical (unpaired) electrons. The van der Waals surface area contributed by atoms with Crippen molar-refractivity contribution in [1.29, 1.82) is 0 Å². The van der Waals surface area contributed by atoms with Crippen molar-refractivity contribution >= 4 is 12.0 Å². The number of carbonyl (C=O) groups is 2. The fourth-order valence-electron chi connectivity index (χ4n) is 3.28. The molecule has 2 N–H and O–H groups in total. The minimum atomic E-state index is -0.266. The summed E-state index contributed by atoms with van der Waals surface area (Å²) in [4.78, 5) is 26.9. The van der Waals surface area contributed by atoms with Crippen LogP contribution in [0.4, 0.5) is 4.79 Å². The number of amides is 2. The number of hydrogen-bond acceptors (Lipinski definition) is 5. The molecule has 1 saturated heterocycles. The lowest BCUT2D eigenvalue weighted by Crippen LogP contribution is -3.15. The number of quaternary nitrogens is 1. The summed E-state index contributed by atoms with van der Waals surface area (Å²) < 4.78 is 16.2. The molecular weight excluding hydrogens is 374 g/mol. The molecule has 0 unspecified atom stereocenters. The number of piperazine rings is 1. The summed E-state index contributed by atoms with van der Waals surface area (Å²) in [5.41, 5.74) is 1.09. The maximum Gasteiger partial charge on any atom is 0.410 e. The highest BCUT2D eigenvalue weighted by atomic mass is 16.6. The average molecular weight is 409 g/mol. The number of ether oxygens (including phenoxy) is 3. The summed E-state index contributed by atoms with van der Waals surface area (Å²) in [7, 11) is 0. The first-order valence-corrected chi connectivity index (χ1v) is 10.5. The Balaban J connectivity index is 1.72. The van der Waals surface area contributed by atoms with E-state index in [1.54, 1.807) is 11.8 Å². The molecule has 1 aliphatic heterocycles. The van der Waals surface area contributed by atoms with E-state index >= 15 is 0 Å². The normalized spacial score (nSPS) is 14.4. The van der Waals surface area contributed by atoms with Gasteiger partial charge in [0.25, 0.3) is 5.91 Å². The summed E-state index contributed by atoms with van der Waals surface area (Å²) in [5.74, 6) is 1.51. The fourth-order valence-corrected chi connectivity index (χ4v) is 3.28. The van der Waals surface area contributed by atoms with Gasteiger partial charge in [0, 0.05) is 6.54 Å². The van der Waals surface area contributed by atoms with E-state index in [1.165, 1.54) is 4.90 Å². The van der Waals surface area contributed by atoms with Crippen LogP contribution in [0.15, 0.2) is 18.2 Å². The summed E-state index contributed by atoms with van der Waals surface area (Å²) in [6.07, 6.45) is 0.460. The minimum absolute atomic E-state index is 0.0283. The van der Waals surface area contributed by atoms with Crippen LogP contribution in [0.3, 0.4) is 0 Å². The van der Waals surface area contributed by atoms with Gasteiger partial charge in [-0.25, -0.2) is 4.79 Å². The molecule has 8 nitrogen and oxygen atoms in total. The van der Waals surface area contributed by atoms with Gasteiger partial charge in [0.15, 0.2) is 18.0 Å². The van der Waals surface area contributed by atoms with Crippen molar-refractivity contribution in [1.82, 2.24) is 10.2 Å². The number of carbonyl (C=O) groups excluding carboxylic acids is 2. The Morgan fingerprint density at radius 2 is 1.72 bits per heavy atom. The molecule has 0 bridgehead atoms. The largest absolute Gasteiger partial charge is 0.490 e. The molecule has 1 fully saturated rings. The molecule has 1 aromatic carbocycles. The van der Waals surface area contributed by atoms with Crippen LogP contribution in [-0.2, 0) is 16.0 Å². The van der Waals surface area contributed by atoms with Gasteiger partial charge in [-0.1, -0.05) is 6.07 Å². The van der Waals surface area contributed by atoms with Crippen molar-refractivity contribution in [2.24, 2.45) is 0 Å². The Bertz CT molecular complexity index is 660. The van der Waals surface area contributed by atoms with E-state index < -0.39 is 0 Å². The number of nitrogens with one attached hydrogen (secondary N) is 2. The van der Waals surface area contributed by atoms with Gasteiger partial charge in [-0.15, -0.1) is 0 Å². The van der Waals surface area contributed by atoms with Crippen molar-refractivity contribution in [3.05, 3.63) is 23.8 Å². The zero-order valence-corrected chi connectivity index (χ0v) is 17.8. The monoisotopic (exact) mass is 408 g/mol. The van der Waals surface area contributed by atoms with Crippen LogP contribution in [0.5, 0.6) is 11.5 Å². The summed E-state index contributed by atoms with van der Waals surface area (Å²) in [6, 6.07) is 5.89. The fraction of sp³-hybridized carbons (Fsp3) is 0.619. The van der Waals surface area contributed by atoms with Crippen LogP contribution in [0, 0.1) is 0 Å². The lowest BCUT2D eigenvalue weighted by atomic mass is 10.1. The number of benzene rings is 1. The van der Waals surface area contributed by atoms with Crippen LogP contribution in [-0.4, -0.2) is 76.0 Å². The molecule has 0 spiro atoms. The van der Waals surface area contributed by atoms with Crippen LogP contribution in [0.1, 0.15) is 26.3 Å². The van der Waals surface area contributed by atoms with E-state index in [-0.39, 0.29) is 12.0 Å². The van der Waals surface area contributed by atoms with Gasteiger partial charge in [-0.2, -0.15) is 0 Å². The van der Waals surface area contributed by atoms with E-state index in [2.05, 4.69) is 5.32 Å². The van der Waals surface area contributed by atoms with Crippen molar-refractivity contribution in [2.75, 3.05) is 59.1 Å². The Labute approximate surface area is 173 Å². The Kier molecular flexibility index (Phi) is 9.56. The molecule has 0 aliphatic carbocycles. The highest BCUT2D eigenvalue weighted by Gasteiger charge is 2.25. The standard InChI is InChI=1S/C21H33N3O5/c1-4-27-18-8-7-17(15-19(18)28-5-2)9-10-22-20(25)16-23-11-13-24(14-12-23)21(26)29-6-3/h7-8,15H,4-6,9-14,16H2,1-3H3,(H,22,25)/p+1. The lowest BCUT2D eigenvalue weighted by molar-refractivity contribution is -0.896. The van der Waals surface area contributed by atoms with Crippen LogP contribution >= 0.6 is 0 Å². The second-order valence-electron chi connectivity index (χ2n) is 6.86. The first-order valence-electron chi connectivity index (χ1n) is 10.5. The Morgan fingerprint density at radius 3 is 2.38 bits per heavy atom. The van der Waals surface area contributed by atoms with Crippen LogP contribution in [0.2, 0.25) is 0 Å². The van der Waals surface area contributed by atoms with Gasteiger partial charge >= 0.3 is 6.09 Å². The predicted molar refractivity (Wildman–Crippen MR) is 110 cm³/mol. The molecule has 0 atom stereocenters.